The van der Waals surface area contributed by atoms with E-state index in [1.807, 2.05) is 24.4 Å². The quantitative estimate of drug-likeness (QED) is 0.922. The van der Waals surface area contributed by atoms with E-state index in [0.29, 0.717) is 6.42 Å². The lowest BCUT2D eigenvalue weighted by molar-refractivity contribution is 0.606. The van der Waals surface area contributed by atoms with Crippen molar-refractivity contribution in [3.8, 4) is 0 Å². The average molecular weight is 268 g/mol. The fraction of sp³-hybridized carbons (Fsp3) is 0.438. The van der Waals surface area contributed by atoms with Gasteiger partial charge in [-0.3, -0.25) is 4.98 Å². The third-order valence-corrected chi connectivity index (χ3v) is 3.62. The SMILES string of the molecule is CCCc1nc(Cc2ccccn2)nc2c1CCNC2. The summed E-state index contributed by atoms with van der Waals surface area (Å²) in [7, 11) is 0. The first kappa shape index (κ1) is 13.2. The van der Waals surface area contributed by atoms with Crippen molar-refractivity contribution in [3.05, 3.63) is 52.9 Å². The van der Waals surface area contributed by atoms with Gasteiger partial charge in [0.15, 0.2) is 0 Å². The Morgan fingerprint density at radius 3 is 3.00 bits per heavy atom. The van der Waals surface area contributed by atoms with E-state index >= 15 is 0 Å². The van der Waals surface area contributed by atoms with Crippen molar-refractivity contribution in [1.29, 1.82) is 0 Å². The van der Waals surface area contributed by atoms with Crippen molar-refractivity contribution in [2.24, 2.45) is 0 Å². The molecule has 3 rings (SSSR count). The summed E-state index contributed by atoms with van der Waals surface area (Å²) < 4.78 is 0. The molecular formula is C16H20N4. The summed E-state index contributed by atoms with van der Waals surface area (Å²) >= 11 is 0. The minimum absolute atomic E-state index is 0.713. The van der Waals surface area contributed by atoms with Crippen LogP contribution in [0, 0.1) is 0 Å². The third kappa shape index (κ3) is 2.85. The van der Waals surface area contributed by atoms with Gasteiger partial charge >= 0.3 is 0 Å². The molecule has 0 radical (unpaired) electrons. The monoisotopic (exact) mass is 268 g/mol. The number of hydrogen-bond acceptors (Lipinski definition) is 4. The Hall–Kier alpha value is -1.81. The first-order valence-electron chi connectivity index (χ1n) is 7.35. The van der Waals surface area contributed by atoms with Gasteiger partial charge in [-0.2, -0.15) is 0 Å². The molecule has 104 valence electrons. The van der Waals surface area contributed by atoms with Crippen molar-refractivity contribution < 1.29 is 0 Å². The summed E-state index contributed by atoms with van der Waals surface area (Å²) in [5, 5.41) is 3.40. The number of rotatable bonds is 4. The highest BCUT2D eigenvalue weighted by atomic mass is 15.0. The smallest absolute Gasteiger partial charge is 0.134 e. The standard InChI is InChI=1S/C16H20N4/c1-2-5-14-13-7-9-17-11-15(13)20-16(19-14)10-12-6-3-4-8-18-12/h3-4,6,8,17H,2,5,7,9-11H2,1H3. The van der Waals surface area contributed by atoms with Crippen molar-refractivity contribution in [2.45, 2.75) is 39.2 Å². The van der Waals surface area contributed by atoms with Crippen LogP contribution in [0.3, 0.4) is 0 Å². The van der Waals surface area contributed by atoms with E-state index in [1.165, 1.54) is 17.0 Å². The van der Waals surface area contributed by atoms with Gasteiger partial charge in [-0.25, -0.2) is 9.97 Å². The molecule has 4 nitrogen and oxygen atoms in total. The minimum atomic E-state index is 0.713. The zero-order chi connectivity index (χ0) is 13.8. The molecular weight excluding hydrogens is 248 g/mol. The summed E-state index contributed by atoms with van der Waals surface area (Å²) in [4.78, 5) is 13.9. The molecule has 0 aromatic carbocycles. The molecule has 1 aliphatic heterocycles. The van der Waals surface area contributed by atoms with Gasteiger partial charge in [0.25, 0.3) is 0 Å². The normalized spacial score (nSPS) is 14.1. The molecule has 1 N–H and O–H groups in total. The molecule has 0 amide bonds. The topological polar surface area (TPSA) is 50.7 Å². The van der Waals surface area contributed by atoms with Crippen LogP contribution in [-0.2, 0) is 25.8 Å². The average Bonchev–Trinajstić information content (AvgIpc) is 2.49. The van der Waals surface area contributed by atoms with E-state index in [1.54, 1.807) is 0 Å². The van der Waals surface area contributed by atoms with E-state index in [2.05, 4.69) is 17.2 Å². The predicted molar refractivity (Wildman–Crippen MR) is 78.5 cm³/mol. The van der Waals surface area contributed by atoms with Gasteiger partial charge in [0.2, 0.25) is 0 Å². The maximum atomic E-state index is 4.79. The van der Waals surface area contributed by atoms with Crippen molar-refractivity contribution in [2.75, 3.05) is 6.54 Å². The second-order valence-electron chi connectivity index (χ2n) is 5.19. The van der Waals surface area contributed by atoms with Crippen LogP contribution in [0.5, 0.6) is 0 Å². The first-order chi connectivity index (χ1) is 9.86. The summed E-state index contributed by atoms with van der Waals surface area (Å²) in [5.74, 6) is 0.898. The lowest BCUT2D eigenvalue weighted by Gasteiger charge is -2.20. The van der Waals surface area contributed by atoms with Gasteiger partial charge in [0, 0.05) is 24.1 Å². The molecule has 0 bridgehead atoms. The molecule has 2 aromatic rings. The zero-order valence-electron chi connectivity index (χ0n) is 11.9. The largest absolute Gasteiger partial charge is 0.311 e. The van der Waals surface area contributed by atoms with Crippen LogP contribution >= 0.6 is 0 Å². The van der Waals surface area contributed by atoms with Crippen LogP contribution in [0.1, 0.15) is 41.8 Å². The molecule has 0 spiro atoms. The Bertz CT molecular complexity index is 581. The van der Waals surface area contributed by atoms with E-state index < -0.39 is 0 Å². The van der Waals surface area contributed by atoms with E-state index in [4.69, 9.17) is 9.97 Å². The molecule has 0 saturated heterocycles. The van der Waals surface area contributed by atoms with Gasteiger partial charge in [-0.1, -0.05) is 19.4 Å². The summed E-state index contributed by atoms with van der Waals surface area (Å²) in [6.45, 7) is 4.10. The Labute approximate surface area is 119 Å². The van der Waals surface area contributed by atoms with Gasteiger partial charge in [-0.15, -0.1) is 0 Å². The Morgan fingerprint density at radius 2 is 2.20 bits per heavy atom. The van der Waals surface area contributed by atoms with Gasteiger partial charge in [0.05, 0.1) is 12.1 Å². The maximum Gasteiger partial charge on any atom is 0.134 e. The number of hydrogen-bond donors (Lipinski definition) is 1. The predicted octanol–water partition coefficient (Wildman–Crippen LogP) is 2.06. The number of nitrogens with one attached hydrogen (secondary N) is 1. The van der Waals surface area contributed by atoms with Gasteiger partial charge in [-0.05, 0) is 37.1 Å². The fourth-order valence-electron chi connectivity index (χ4n) is 2.68. The highest BCUT2D eigenvalue weighted by Gasteiger charge is 2.17. The van der Waals surface area contributed by atoms with Crippen LogP contribution in [0.25, 0.3) is 0 Å². The van der Waals surface area contributed by atoms with Gasteiger partial charge < -0.3 is 5.32 Å². The number of aromatic nitrogens is 3. The van der Waals surface area contributed by atoms with Crippen LogP contribution in [0.4, 0.5) is 0 Å². The van der Waals surface area contributed by atoms with Crippen LogP contribution in [-0.4, -0.2) is 21.5 Å². The van der Waals surface area contributed by atoms with Crippen molar-refractivity contribution in [3.63, 3.8) is 0 Å². The fourth-order valence-corrected chi connectivity index (χ4v) is 2.68. The molecule has 2 aromatic heterocycles. The number of pyridine rings is 1. The molecule has 3 heterocycles. The maximum absolute atomic E-state index is 4.79. The van der Waals surface area contributed by atoms with Crippen molar-refractivity contribution >= 4 is 0 Å². The molecule has 1 aliphatic rings. The van der Waals surface area contributed by atoms with Gasteiger partial charge in [0.1, 0.15) is 5.82 Å². The minimum Gasteiger partial charge on any atom is -0.311 e. The third-order valence-electron chi connectivity index (χ3n) is 3.62. The van der Waals surface area contributed by atoms with E-state index in [0.717, 1.165) is 43.9 Å². The highest BCUT2D eigenvalue weighted by Crippen LogP contribution is 2.18. The zero-order valence-corrected chi connectivity index (χ0v) is 11.9. The van der Waals surface area contributed by atoms with E-state index in [-0.39, 0.29) is 0 Å². The Kier molecular flexibility index (Phi) is 4.02. The highest BCUT2D eigenvalue weighted by molar-refractivity contribution is 5.29. The van der Waals surface area contributed by atoms with Crippen LogP contribution in [0.15, 0.2) is 24.4 Å². The number of fused-ring (bicyclic) bond motifs is 1. The summed E-state index contributed by atoms with van der Waals surface area (Å²) in [6, 6.07) is 5.97. The molecule has 20 heavy (non-hydrogen) atoms. The second kappa shape index (κ2) is 6.09. The summed E-state index contributed by atoms with van der Waals surface area (Å²) in [5.41, 5.74) is 4.82. The number of nitrogens with zero attached hydrogens (tertiary/aromatic N) is 3. The molecule has 0 atom stereocenters. The lowest BCUT2D eigenvalue weighted by Crippen LogP contribution is -2.27. The molecule has 0 unspecified atom stereocenters. The molecule has 0 fully saturated rings. The second-order valence-corrected chi connectivity index (χ2v) is 5.19. The lowest BCUT2D eigenvalue weighted by atomic mass is 10.0. The van der Waals surface area contributed by atoms with Crippen molar-refractivity contribution in [1.82, 2.24) is 20.3 Å². The van der Waals surface area contributed by atoms with E-state index in [9.17, 15) is 0 Å². The van der Waals surface area contributed by atoms with Crippen LogP contribution < -0.4 is 5.32 Å². The Morgan fingerprint density at radius 1 is 1.25 bits per heavy atom. The molecule has 0 aliphatic carbocycles. The molecule has 0 saturated carbocycles. The first-order valence-corrected chi connectivity index (χ1v) is 7.35. The summed E-state index contributed by atoms with van der Waals surface area (Å²) in [6.07, 6.45) is 5.75. The van der Waals surface area contributed by atoms with Crippen LogP contribution in [0.2, 0.25) is 0 Å². The Balaban J connectivity index is 1.93. The number of aryl methyl sites for hydroxylation is 1. The molecule has 4 heteroatoms.